The fourth-order valence-corrected chi connectivity index (χ4v) is 3.42. The summed E-state index contributed by atoms with van der Waals surface area (Å²) in [6.45, 7) is 3.98. The Labute approximate surface area is 118 Å². The van der Waals surface area contributed by atoms with Crippen molar-refractivity contribution in [2.45, 2.75) is 25.3 Å². The van der Waals surface area contributed by atoms with Crippen molar-refractivity contribution in [3.05, 3.63) is 29.6 Å². The summed E-state index contributed by atoms with van der Waals surface area (Å²) in [6, 6.07) is 5.50. The van der Waals surface area contributed by atoms with Gasteiger partial charge in [-0.15, -0.1) is 0 Å². The zero-order valence-electron chi connectivity index (χ0n) is 11.6. The van der Waals surface area contributed by atoms with Gasteiger partial charge in [-0.05, 0) is 31.5 Å². The van der Waals surface area contributed by atoms with E-state index in [0.717, 1.165) is 25.3 Å². The molecule has 0 radical (unpaired) electrons. The first-order valence-corrected chi connectivity index (χ1v) is 7.28. The average Bonchev–Trinajstić information content (AvgIpc) is 2.46. The molecule has 108 valence electrons. The smallest absolute Gasteiger partial charge is 0.136 e. The second-order valence-electron chi connectivity index (χ2n) is 5.68. The van der Waals surface area contributed by atoms with Gasteiger partial charge in [0.05, 0.1) is 11.3 Å². The van der Waals surface area contributed by atoms with Crippen LogP contribution in [0.25, 0.3) is 0 Å². The van der Waals surface area contributed by atoms with Crippen LogP contribution in [0.15, 0.2) is 18.2 Å². The van der Waals surface area contributed by atoms with Crippen LogP contribution in [0.5, 0.6) is 0 Å². The molecule has 3 N–H and O–H groups in total. The molecule has 4 nitrogen and oxygen atoms in total. The van der Waals surface area contributed by atoms with Crippen molar-refractivity contribution in [3.63, 3.8) is 0 Å². The van der Waals surface area contributed by atoms with Crippen molar-refractivity contribution >= 4 is 11.5 Å². The highest BCUT2D eigenvalue weighted by molar-refractivity contribution is 6.00. The summed E-state index contributed by atoms with van der Waals surface area (Å²) in [5.41, 5.74) is 6.57. The Morgan fingerprint density at radius 2 is 2.10 bits per heavy atom. The molecular weight excluding hydrogens is 255 g/mol. The van der Waals surface area contributed by atoms with E-state index in [-0.39, 0.29) is 11.4 Å². The van der Waals surface area contributed by atoms with E-state index in [1.165, 1.54) is 31.9 Å². The average molecular weight is 276 g/mol. The van der Waals surface area contributed by atoms with Gasteiger partial charge in [0, 0.05) is 25.7 Å². The zero-order valence-corrected chi connectivity index (χ0v) is 11.6. The van der Waals surface area contributed by atoms with Crippen LogP contribution in [0.3, 0.4) is 0 Å². The number of fused-ring (bicyclic) bond motifs is 1. The number of nitrogens with zero attached hydrogens (tertiary/aromatic N) is 2. The number of benzene rings is 1. The molecule has 0 amide bonds. The first-order chi connectivity index (χ1) is 9.66. The molecule has 0 aliphatic carbocycles. The maximum Gasteiger partial charge on any atom is 0.136 e. The van der Waals surface area contributed by atoms with Crippen molar-refractivity contribution in [3.8, 4) is 0 Å². The Morgan fingerprint density at radius 3 is 2.90 bits per heavy atom. The molecule has 1 aromatic carbocycles. The molecule has 5 heteroatoms. The third kappa shape index (κ3) is 2.38. The van der Waals surface area contributed by atoms with E-state index >= 15 is 0 Å². The molecule has 2 aliphatic heterocycles. The van der Waals surface area contributed by atoms with Crippen LogP contribution < -0.4 is 10.6 Å². The number of anilines is 1. The molecule has 3 rings (SSSR count). The van der Waals surface area contributed by atoms with E-state index in [2.05, 4.69) is 9.80 Å². The van der Waals surface area contributed by atoms with Gasteiger partial charge in [-0.1, -0.05) is 12.5 Å². The molecule has 20 heavy (non-hydrogen) atoms. The fraction of sp³-hybridized carbons (Fsp3) is 0.533. The summed E-state index contributed by atoms with van der Waals surface area (Å²) in [6.07, 6.45) is 3.77. The molecule has 1 atom stereocenters. The summed E-state index contributed by atoms with van der Waals surface area (Å²) in [7, 11) is 0. The molecule has 2 aliphatic rings. The Morgan fingerprint density at radius 1 is 1.25 bits per heavy atom. The standard InChI is InChI=1S/C15H21FN4/c16-12-5-3-6-13(14(12)15(17)18)20-9-8-19-7-2-1-4-11(19)10-20/h3,5-6,11H,1-2,4,7-10H2,(H3,17,18). The number of halogens is 1. The van der Waals surface area contributed by atoms with Gasteiger partial charge in [0.2, 0.25) is 0 Å². The second-order valence-corrected chi connectivity index (χ2v) is 5.68. The molecule has 2 fully saturated rings. The minimum Gasteiger partial charge on any atom is -0.384 e. The Balaban J connectivity index is 1.86. The number of nitrogens with two attached hydrogens (primary N) is 1. The topological polar surface area (TPSA) is 56.4 Å². The lowest BCUT2D eigenvalue weighted by Crippen LogP contribution is -2.55. The molecule has 0 aromatic heterocycles. The van der Waals surface area contributed by atoms with Gasteiger partial charge in [0.15, 0.2) is 0 Å². The Bertz CT molecular complexity index is 517. The molecule has 2 heterocycles. The van der Waals surface area contributed by atoms with Gasteiger partial charge in [-0.25, -0.2) is 4.39 Å². The monoisotopic (exact) mass is 276 g/mol. The summed E-state index contributed by atoms with van der Waals surface area (Å²) in [5.74, 6) is -0.592. The highest BCUT2D eigenvalue weighted by Crippen LogP contribution is 2.28. The number of nitrogen functional groups attached to an aromatic ring is 1. The normalized spacial score (nSPS) is 23.4. The molecule has 1 aromatic rings. The van der Waals surface area contributed by atoms with Crippen molar-refractivity contribution in [2.75, 3.05) is 31.1 Å². The van der Waals surface area contributed by atoms with Crippen molar-refractivity contribution in [1.29, 1.82) is 5.41 Å². The van der Waals surface area contributed by atoms with Gasteiger partial charge >= 0.3 is 0 Å². The van der Waals surface area contributed by atoms with E-state index in [1.807, 2.05) is 6.07 Å². The number of nitrogens with one attached hydrogen (secondary N) is 1. The number of rotatable bonds is 2. The van der Waals surface area contributed by atoms with E-state index < -0.39 is 5.82 Å². The Kier molecular flexibility index (Phi) is 3.61. The highest BCUT2D eigenvalue weighted by atomic mass is 19.1. The van der Waals surface area contributed by atoms with Gasteiger partial charge in [-0.3, -0.25) is 10.3 Å². The lowest BCUT2D eigenvalue weighted by atomic mass is 9.98. The minimum atomic E-state index is -0.402. The quantitative estimate of drug-likeness (QED) is 0.639. The van der Waals surface area contributed by atoms with Gasteiger partial charge in [0.25, 0.3) is 0 Å². The van der Waals surface area contributed by atoms with Crippen molar-refractivity contribution in [1.82, 2.24) is 4.90 Å². The second kappa shape index (κ2) is 5.40. The summed E-state index contributed by atoms with van der Waals surface area (Å²) in [5, 5.41) is 7.62. The highest BCUT2D eigenvalue weighted by Gasteiger charge is 2.30. The number of piperazine rings is 1. The van der Waals surface area contributed by atoms with Crippen LogP contribution in [0.4, 0.5) is 10.1 Å². The predicted octanol–water partition coefficient (Wildman–Crippen LogP) is 1.78. The summed E-state index contributed by atoms with van der Waals surface area (Å²) in [4.78, 5) is 4.72. The van der Waals surface area contributed by atoms with Crippen molar-refractivity contribution in [2.24, 2.45) is 5.73 Å². The fourth-order valence-electron chi connectivity index (χ4n) is 3.42. The van der Waals surface area contributed by atoms with Crippen LogP contribution in [0, 0.1) is 11.2 Å². The number of hydrogen-bond donors (Lipinski definition) is 2. The number of hydrogen-bond acceptors (Lipinski definition) is 3. The molecule has 1 unspecified atom stereocenters. The molecule has 0 bridgehead atoms. The maximum atomic E-state index is 13.9. The van der Waals surface area contributed by atoms with Crippen LogP contribution in [-0.4, -0.2) is 43.0 Å². The molecule has 2 saturated heterocycles. The van der Waals surface area contributed by atoms with Gasteiger partial charge < -0.3 is 10.6 Å². The first-order valence-electron chi connectivity index (χ1n) is 7.28. The molecular formula is C15H21FN4. The van der Waals surface area contributed by atoms with Crippen LogP contribution in [0.1, 0.15) is 24.8 Å². The third-order valence-electron chi connectivity index (χ3n) is 4.44. The SMILES string of the molecule is N=C(N)c1c(F)cccc1N1CCN2CCCCC2C1. The van der Waals surface area contributed by atoms with E-state index in [4.69, 9.17) is 11.1 Å². The van der Waals surface area contributed by atoms with Crippen LogP contribution in [0.2, 0.25) is 0 Å². The van der Waals surface area contributed by atoms with Gasteiger partial charge in [-0.2, -0.15) is 0 Å². The lowest BCUT2D eigenvalue weighted by Gasteiger charge is -2.45. The van der Waals surface area contributed by atoms with Crippen molar-refractivity contribution < 1.29 is 4.39 Å². The Hall–Kier alpha value is -1.62. The zero-order chi connectivity index (χ0) is 14.1. The summed E-state index contributed by atoms with van der Waals surface area (Å²) < 4.78 is 13.9. The van der Waals surface area contributed by atoms with Crippen LogP contribution in [-0.2, 0) is 0 Å². The van der Waals surface area contributed by atoms with Gasteiger partial charge in [0.1, 0.15) is 11.7 Å². The third-order valence-corrected chi connectivity index (χ3v) is 4.44. The minimum absolute atomic E-state index is 0.191. The first kappa shape index (κ1) is 13.4. The largest absolute Gasteiger partial charge is 0.384 e. The molecule has 0 spiro atoms. The summed E-state index contributed by atoms with van der Waals surface area (Å²) >= 11 is 0. The van der Waals surface area contributed by atoms with E-state index in [9.17, 15) is 4.39 Å². The maximum absolute atomic E-state index is 13.9. The van der Waals surface area contributed by atoms with E-state index in [0.29, 0.717) is 6.04 Å². The lowest BCUT2D eigenvalue weighted by molar-refractivity contribution is 0.133. The van der Waals surface area contributed by atoms with E-state index in [1.54, 1.807) is 6.07 Å². The molecule has 0 saturated carbocycles. The predicted molar refractivity (Wildman–Crippen MR) is 78.8 cm³/mol. The van der Waals surface area contributed by atoms with Crippen LogP contribution >= 0.6 is 0 Å². The number of amidine groups is 1. The number of piperidine rings is 1.